The first-order valence-electron chi connectivity index (χ1n) is 15.9. The van der Waals surface area contributed by atoms with Crippen molar-refractivity contribution >= 4 is 22.3 Å². The van der Waals surface area contributed by atoms with Gasteiger partial charge >= 0.3 is 16.4 Å². The summed E-state index contributed by atoms with van der Waals surface area (Å²) >= 11 is 0. The zero-order valence-electron chi connectivity index (χ0n) is 26.3. The van der Waals surface area contributed by atoms with E-state index in [1.165, 1.54) is 0 Å². The van der Waals surface area contributed by atoms with Crippen molar-refractivity contribution < 1.29 is 61.4 Å². The van der Waals surface area contributed by atoms with Crippen molar-refractivity contribution in [3.63, 3.8) is 0 Å². The predicted molar refractivity (Wildman–Crippen MR) is 154 cm³/mol. The molecule has 5 fully saturated rings. The summed E-state index contributed by atoms with van der Waals surface area (Å²) in [6, 6.07) is 0. The van der Waals surface area contributed by atoms with E-state index in [4.69, 9.17) is 18.4 Å². The lowest BCUT2D eigenvalue weighted by Gasteiger charge is -2.66. The highest BCUT2D eigenvalue weighted by molar-refractivity contribution is 7.80. The summed E-state index contributed by atoms with van der Waals surface area (Å²) in [5, 5.41) is 45.1. The number of rotatable bonds is 9. The molecule has 5 rings (SSSR count). The zero-order chi connectivity index (χ0) is 33.3. The van der Waals surface area contributed by atoms with E-state index in [2.05, 4.69) is 6.58 Å². The van der Waals surface area contributed by atoms with Gasteiger partial charge in [0, 0.05) is 23.2 Å². The number of hydrogen-bond acceptors (Lipinski definition) is 12. The number of carboxylic acid groups (broad SMARTS) is 1. The average Bonchev–Trinajstić information content (AvgIpc) is 3.09. The number of hydrogen-bond donors (Lipinski definition) is 4. The van der Waals surface area contributed by atoms with E-state index in [1.54, 1.807) is 20.8 Å². The third kappa shape index (κ3) is 5.98. The van der Waals surface area contributed by atoms with E-state index in [0.717, 1.165) is 24.8 Å². The smallest absolute Gasteiger partial charge is 0.397 e. The molecule has 1 spiro atoms. The number of carboxylic acids is 1. The molecule has 0 aromatic rings. The molecule has 13 nitrogen and oxygen atoms in total. The Morgan fingerprint density at radius 3 is 2.38 bits per heavy atom. The average molecular weight is 660 g/mol. The lowest BCUT2D eigenvalue weighted by atomic mass is 9.40. The summed E-state index contributed by atoms with van der Waals surface area (Å²) in [6.45, 7) is 10.6. The molecule has 13 atom stereocenters. The molecule has 4 N–H and O–H groups in total. The molecule has 256 valence electrons. The van der Waals surface area contributed by atoms with E-state index in [-0.39, 0.29) is 36.5 Å². The van der Waals surface area contributed by atoms with E-state index < -0.39 is 88.1 Å². The van der Waals surface area contributed by atoms with Crippen molar-refractivity contribution in [1.82, 2.24) is 0 Å². The third-order valence-corrected chi connectivity index (χ3v) is 12.3. The van der Waals surface area contributed by atoms with Gasteiger partial charge in [-0.2, -0.15) is 8.42 Å². The summed E-state index contributed by atoms with van der Waals surface area (Å²) in [6.07, 6.45) is -6.13. The maximum Gasteiger partial charge on any atom is 0.397 e. The van der Waals surface area contributed by atoms with Crippen LogP contribution < -0.4 is 5.11 Å². The number of carbonyl (C=O) groups is 2. The first-order chi connectivity index (χ1) is 20.9. The molecule has 1 aliphatic heterocycles. The van der Waals surface area contributed by atoms with Crippen LogP contribution in [0.3, 0.4) is 0 Å². The molecule has 2 bridgehead atoms. The molecular weight excluding hydrogens is 612 g/mol. The van der Waals surface area contributed by atoms with Gasteiger partial charge < -0.3 is 39.4 Å². The van der Waals surface area contributed by atoms with Gasteiger partial charge in [-0.05, 0) is 79.6 Å². The SMILES string of the molecule is C=C1[C@@H]2CC[C@H]3[C@]4(C)C[C@H](O[C@@H]5O[C@H](CO)[C@@H](O)[C@H](OS(=O)(=O)O)[C@H]5OC(=O)CC(C)C)C[C@@](C)(C(=O)[O-])[C@H]4CC[C@]3(C2)[C@H]1O. The van der Waals surface area contributed by atoms with Gasteiger partial charge in [-0.25, -0.2) is 4.18 Å². The van der Waals surface area contributed by atoms with Gasteiger partial charge in [0.15, 0.2) is 12.4 Å². The van der Waals surface area contributed by atoms with Crippen molar-refractivity contribution in [3.8, 4) is 0 Å². The topological polar surface area (TPSA) is 209 Å². The van der Waals surface area contributed by atoms with E-state index in [9.17, 15) is 43.0 Å². The summed E-state index contributed by atoms with van der Waals surface area (Å²) in [5.41, 5.74) is -1.58. The Hall–Kier alpha value is -1.65. The molecule has 0 aromatic carbocycles. The normalized spacial score (nSPS) is 46.4. The van der Waals surface area contributed by atoms with Crippen molar-refractivity contribution in [1.29, 1.82) is 0 Å². The molecule has 14 heteroatoms. The fraction of sp³-hybridized carbons (Fsp3) is 0.871. The van der Waals surface area contributed by atoms with Crippen molar-refractivity contribution in [2.45, 2.75) is 122 Å². The Kier molecular flexibility index (Phi) is 9.33. The van der Waals surface area contributed by atoms with Crippen molar-refractivity contribution in [2.24, 2.45) is 39.9 Å². The number of fused-ring (bicyclic) bond motifs is 3. The lowest BCUT2D eigenvalue weighted by molar-refractivity contribution is -0.342. The molecule has 0 radical (unpaired) electrons. The minimum absolute atomic E-state index is 0.00408. The first-order valence-corrected chi connectivity index (χ1v) is 17.3. The molecule has 0 amide bonds. The predicted octanol–water partition coefficient (Wildman–Crippen LogP) is 0.895. The minimum Gasteiger partial charge on any atom is -0.550 e. The Labute approximate surface area is 264 Å². The van der Waals surface area contributed by atoms with Crippen LogP contribution in [0.15, 0.2) is 12.2 Å². The highest BCUT2D eigenvalue weighted by Crippen LogP contribution is 2.72. The minimum atomic E-state index is -5.18. The van der Waals surface area contributed by atoms with Crippen molar-refractivity contribution in [3.05, 3.63) is 12.2 Å². The summed E-state index contributed by atoms with van der Waals surface area (Å²) in [4.78, 5) is 25.7. The Bertz CT molecular complexity index is 1290. The molecule has 0 aromatic heterocycles. The Balaban J connectivity index is 1.50. The highest BCUT2D eigenvalue weighted by atomic mass is 32.3. The number of aliphatic hydroxyl groups excluding tert-OH is 3. The largest absolute Gasteiger partial charge is 0.550 e. The summed E-state index contributed by atoms with van der Waals surface area (Å²) in [5.74, 6) is -2.28. The van der Waals surface area contributed by atoms with Gasteiger partial charge in [0.2, 0.25) is 0 Å². The Morgan fingerprint density at radius 2 is 1.78 bits per heavy atom. The van der Waals surface area contributed by atoms with E-state index >= 15 is 0 Å². The van der Waals surface area contributed by atoms with Gasteiger partial charge in [0.1, 0.15) is 18.3 Å². The first kappa shape index (κ1) is 34.7. The van der Waals surface area contributed by atoms with Crippen LogP contribution >= 0.6 is 0 Å². The second-order valence-corrected chi connectivity index (χ2v) is 16.0. The maximum atomic E-state index is 12.9. The number of aliphatic hydroxyl groups is 3. The van der Waals surface area contributed by atoms with Gasteiger partial charge in [-0.1, -0.05) is 34.3 Å². The fourth-order valence-corrected chi connectivity index (χ4v) is 10.5. The quantitative estimate of drug-likeness (QED) is 0.118. The number of aliphatic carboxylic acids is 1. The Morgan fingerprint density at radius 1 is 1.09 bits per heavy atom. The van der Waals surface area contributed by atoms with Crippen LogP contribution in [0.25, 0.3) is 0 Å². The van der Waals surface area contributed by atoms with Crippen LogP contribution in [0.1, 0.15) is 79.1 Å². The van der Waals surface area contributed by atoms with Crippen LogP contribution in [0.4, 0.5) is 0 Å². The summed E-state index contributed by atoms with van der Waals surface area (Å²) in [7, 11) is -5.18. The molecular formula is C31H47O13S-. The van der Waals surface area contributed by atoms with Crippen LogP contribution in [-0.2, 0) is 38.4 Å². The second-order valence-electron chi connectivity index (χ2n) is 15.0. The third-order valence-electron chi connectivity index (χ3n) is 11.8. The molecule has 0 unspecified atom stereocenters. The number of ether oxygens (including phenoxy) is 3. The molecule has 4 aliphatic carbocycles. The van der Waals surface area contributed by atoms with Crippen LogP contribution in [-0.4, -0.2) is 89.7 Å². The number of carbonyl (C=O) groups excluding carboxylic acids is 2. The van der Waals surface area contributed by atoms with E-state index in [0.29, 0.717) is 19.3 Å². The van der Waals surface area contributed by atoms with Crippen LogP contribution in [0, 0.1) is 39.9 Å². The molecule has 4 saturated carbocycles. The van der Waals surface area contributed by atoms with Crippen LogP contribution in [0.2, 0.25) is 0 Å². The van der Waals surface area contributed by atoms with Crippen LogP contribution in [0.5, 0.6) is 0 Å². The fourth-order valence-electron chi connectivity index (χ4n) is 10.0. The molecule has 1 saturated heterocycles. The molecule has 45 heavy (non-hydrogen) atoms. The molecule has 5 aliphatic rings. The zero-order valence-corrected chi connectivity index (χ0v) is 27.1. The standard InChI is InChI=1S/C31H48O13S/c1-15(2)10-22(33)43-25-24(44-45(38,39)40)23(34)19(14-32)42-27(25)41-18-12-29(4)20(30(5,13-18)28(36)37)8-9-31-11-17(6-7-21(29)31)16(3)26(31)35/h15,17-21,23-27,32,34-35H,3,6-14H2,1-2,4-5H3,(H,36,37)(H,38,39,40)/p-1/t17-,18+,19-,20+,21+,23-,24+,25-,26+,27-,29-,30-,31-/m1/s1. The highest BCUT2D eigenvalue weighted by Gasteiger charge is 2.68. The van der Waals surface area contributed by atoms with Gasteiger partial charge in [-0.15, -0.1) is 0 Å². The number of esters is 1. The van der Waals surface area contributed by atoms with Crippen molar-refractivity contribution in [2.75, 3.05) is 6.61 Å². The van der Waals surface area contributed by atoms with Gasteiger partial charge in [0.25, 0.3) is 0 Å². The van der Waals surface area contributed by atoms with E-state index in [1.807, 2.05) is 6.92 Å². The van der Waals surface area contributed by atoms with Gasteiger partial charge in [-0.3, -0.25) is 9.35 Å². The second kappa shape index (κ2) is 12.1. The maximum absolute atomic E-state index is 12.9. The lowest BCUT2D eigenvalue weighted by Crippen LogP contribution is -2.66. The summed E-state index contributed by atoms with van der Waals surface area (Å²) < 4.78 is 55.6. The van der Waals surface area contributed by atoms with Gasteiger partial charge in [0.05, 0.1) is 18.8 Å². The molecule has 1 heterocycles. The monoisotopic (exact) mass is 659 g/mol.